The quantitative estimate of drug-likeness (QED) is 0.410. The molecule has 0 saturated carbocycles. The second kappa shape index (κ2) is 8.71. The van der Waals surface area contributed by atoms with Gasteiger partial charge in [0.1, 0.15) is 0 Å². The SMILES string of the molecule is C=CC1=C(C=C)C2(C(C=C)=C(/C=C\C)C(C=C)=C2/C=C\C)C(/C=C\C)=C1C=C. The summed E-state index contributed by atoms with van der Waals surface area (Å²) in [6.07, 6.45) is 22.4. The molecule has 1 spiro atoms. The van der Waals surface area contributed by atoms with Crippen molar-refractivity contribution in [2.45, 2.75) is 20.8 Å². The molecule has 1 atom stereocenters. The van der Waals surface area contributed by atoms with Crippen molar-refractivity contribution in [2.24, 2.45) is 5.41 Å². The summed E-state index contributed by atoms with van der Waals surface area (Å²) in [6, 6.07) is 0. The molecule has 0 aromatic carbocycles. The van der Waals surface area contributed by atoms with Crippen molar-refractivity contribution in [3.8, 4) is 0 Å². The summed E-state index contributed by atoms with van der Waals surface area (Å²) in [7, 11) is 0. The van der Waals surface area contributed by atoms with Crippen LogP contribution < -0.4 is 0 Å². The van der Waals surface area contributed by atoms with Gasteiger partial charge in [-0.25, -0.2) is 0 Å². The van der Waals surface area contributed by atoms with Crippen LogP contribution in [0.3, 0.4) is 0 Å². The molecule has 2 rings (SSSR count). The highest BCUT2D eigenvalue weighted by atomic mass is 14.5. The van der Waals surface area contributed by atoms with E-state index in [9.17, 15) is 0 Å². The lowest BCUT2D eigenvalue weighted by Gasteiger charge is -2.34. The third-order valence-corrected chi connectivity index (χ3v) is 5.38. The first-order valence-electron chi connectivity index (χ1n) is 9.58. The van der Waals surface area contributed by atoms with Gasteiger partial charge in [0.15, 0.2) is 0 Å². The Morgan fingerprint density at radius 3 is 1.18 bits per heavy atom. The van der Waals surface area contributed by atoms with Gasteiger partial charge in [-0.05, 0) is 65.4 Å². The molecule has 0 heteroatoms. The van der Waals surface area contributed by atoms with E-state index in [4.69, 9.17) is 0 Å². The molecule has 0 heterocycles. The van der Waals surface area contributed by atoms with Crippen LogP contribution in [0, 0.1) is 5.41 Å². The fourth-order valence-electron chi connectivity index (χ4n) is 4.55. The second-order valence-electron chi connectivity index (χ2n) is 6.58. The molecule has 0 aliphatic heterocycles. The van der Waals surface area contributed by atoms with Crippen LogP contribution in [0.25, 0.3) is 0 Å². The average molecular weight is 367 g/mol. The van der Waals surface area contributed by atoms with E-state index >= 15 is 0 Å². The fourth-order valence-corrected chi connectivity index (χ4v) is 4.55. The first kappa shape index (κ1) is 21.2. The van der Waals surface area contributed by atoms with E-state index in [1.165, 1.54) is 5.57 Å². The minimum atomic E-state index is -0.506. The maximum Gasteiger partial charge on any atom is 0.0724 e. The van der Waals surface area contributed by atoms with Gasteiger partial charge in [0.05, 0.1) is 5.41 Å². The van der Waals surface area contributed by atoms with Crippen molar-refractivity contribution in [1.29, 1.82) is 0 Å². The summed E-state index contributed by atoms with van der Waals surface area (Å²) in [4.78, 5) is 0. The molecular formula is C28H30. The van der Waals surface area contributed by atoms with Gasteiger partial charge < -0.3 is 0 Å². The minimum Gasteiger partial charge on any atom is -0.0987 e. The smallest absolute Gasteiger partial charge is 0.0724 e. The molecule has 142 valence electrons. The van der Waals surface area contributed by atoms with Crippen molar-refractivity contribution in [3.63, 3.8) is 0 Å². The topological polar surface area (TPSA) is 0 Å². The van der Waals surface area contributed by atoms with Gasteiger partial charge >= 0.3 is 0 Å². The number of rotatable bonds is 8. The van der Waals surface area contributed by atoms with Crippen LogP contribution in [0.1, 0.15) is 20.8 Å². The molecule has 0 bridgehead atoms. The Kier molecular flexibility index (Phi) is 6.59. The van der Waals surface area contributed by atoms with E-state index in [1.807, 2.05) is 51.2 Å². The third kappa shape index (κ3) is 2.68. The first-order valence-corrected chi connectivity index (χ1v) is 9.58. The van der Waals surface area contributed by atoms with Gasteiger partial charge in [-0.2, -0.15) is 0 Å². The number of allylic oxidation sites excluding steroid dienone is 19. The molecular weight excluding hydrogens is 336 g/mol. The van der Waals surface area contributed by atoms with Gasteiger partial charge in [-0.3, -0.25) is 0 Å². The Hall–Kier alpha value is -3.12. The van der Waals surface area contributed by atoms with Crippen LogP contribution in [0.4, 0.5) is 0 Å². The Balaban J connectivity index is 3.26. The van der Waals surface area contributed by atoms with E-state index in [0.717, 1.165) is 39.0 Å². The van der Waals surface area contributed by atoms with Crippen molar-refractivity contribution < 1.29 is 0 Å². The zero-order valence-corrected chi connectivity index (χ0v) is 17.4. The lowest BCUT2D eigenvalue weighted by Crippen LogP contribution is -2.25. The zero-order chi connectivity index (χ0) is 20.9. The molecule has 1 unspecified atom stereocenters. The molecule has 0 amide bonds. The van der Waals surface area contributed by atoms with Crippen molar-refractivity contribution in [1.82, 2.24) is 0 Å². The van der Waals surface area contributed by atoms with Crippen LogP contribution in [0.5, 0.6) is 0 Å². The molecule has 0 nitrogen and oxygen atoms in total. The molecule has 0 saturated heterocycles. The van der Waals surface area contributed by atoms with E-state index in [-0.39, 0.29) is 0 Å². The molecule has 0 N–H and O–H groups in total. The highest BCUT2D eigenvalue weighted by Crippen LogP contribution is 2.63. The molecule has 0 radical (unpaired) electrons. The normalized spacial score (nSPS) is 22.7. The highest BCUT2D eigenvalue weighted by Gasteiger charge is 2.52. The van der Waals surface area contributed by atoms with Gasteiger partial charge in [0.2, 0.25) is 0 Å². The van der Waals surface area contributed by atoms with Gasteiger partial charge in [-0.1, -0.05) is 99.7 Å². The fraction of sp³-hybridized carbons (Fsp3) is 0.143. The van der Waals surface area contributed by atoms with E-state index < -0.39 is 5.41 Å². The van der Waals surface area contributed by atoms with Gasteiger partial charge in [-0.15, -0.1) is 0 Å². The van der Waals surface area contributed by atoms with Crippen LogP contribution >= 0.6 is 0 Å². The van der Waals surface area contributed by atoms with E-state index in [1.54, 1.807) is 0 Å². The largest absolute Gasteiger partial charge is 0.0987 e. The Morgan fingerprint density at radius 2 is 0.821 bits per heavy atom. The van der Waals surface area contributed by atoms with E-state index in [0.29, 0.717) is 0 Å². The third-order valence-electron chi connectivity index (χ3n) is 5.38. The molecule has 0 aromatic rings. The lowest BCUT2D eigenvalue weighted by atomic mass is 9.66. The predicted octanol–water partition coefficient (Wildman–Crippen LogP) is 7.84. The summed E-state index contributed by atoms with van der Waals surface area (Å²) >= 11 is 0. The van der Waals surface area contributed by atoms with Gasteiger partial charge in [0.25, 0.3) is 0 Å². The Labute approximate surface area is 170 Å². The lowest BCUT2D eigenvalue weighted by molar-refractivity contribution is 0.692. The van der Waals surface area contributed by atoms with Crippen LogP contribution in [0.15, 0.2) is 144 Å². The summed E-state index contributed by atoms with van der Waals surface area (Å²) in [5.41, 5.74) is 8.45. The summed E-state index contributed by atoms with van der Waals surface area (Å²) in [5.74, 6) is 0. The van der Waals surface area contributed by atoms with E-state index in [2.05, 4.69) is 69.4 Å². The Bertz CT molecular complexity index is 958. The van der Waals surface area contributed by atoms with Crippen LogP contribution in [-0.4, -0.2) is 0 Å². The molecule has 2 aliphatic carbocycles. The average Bonchev–Trinajstić information content (AvgIpc) is 3.12. The van der Waals surface area contributed by atoms with Crippen molar-refractivity contribution in [2.75, 3.05) is 0 Å². The second-order valence-corrected chi connectivity index (χ2v) is 6.58. The molecule has 2 aliphatic rings. The van der Waals surface area contributed by atoms with Crippen LogP contribution in [-0.2, 0) is 0 Å². The monoisotopic (exact) mass is 366 g/mol. The maximum atomic E-state index is 4.19. The van der Waals surface area contributed by atoms with Crippen LogP contribution in [0.2, 0.25) is 0 Å². The van der Waals surface area contributed by atoms with Crippen molar-refractivity contribution >= 4 is 0 Å². The number of hydrogen-bond donors (Lipinski definition) is 0. The highest BCUT2D eigenvalue weighted by molar-refractivity contribution is 5.82. The first-order chi connectivity index (χ1) is 13.6. The summed E-state index contributed by atoms with van der Waals surface area (Å²) in [5, 5.41) is 0. The summed E-state index contributed by atoms with van der Waals surface area (Å²) < 4.78 is 0. The summed E-state index contributed by atoms with van der Waals surface area (Å²) in [6.45, 7) is 26.8. The predicted molar refractivity (Wildman–Crippen MR) is 126 cm³/mol. The molecule has 0 fully saturated rings. The molecule has 28 heavy (non-hydrogen) atoms. The maximum absolute atomic E-state index is 4.19. The zero-order valence-electron chi connectivity index (χ0n) is 17.4. The minimum absolute atomic E-state index is 0.506. The van der Waals surface area contributed by atoms with Gasteiger partial charge in [0, 0.05) is 0 Å². The number of hydrogen-bond acceptors (Lipinski definition) is 0. The Morgan fingerprint density at radius 1 is 0.464 bits per heavy atom. The van der Waals surface area contributed by atoms with Crippen molar-refractivity contribution in [3.05, 3.63) is 144 Å². The standard InChI is InChI=1S/C28H30/c1-9-17-23-22(14-6)27(19-11-3)28(25(23)16-8)24(15-7)20(12-4)21(13-5)26(28)18-10-2/h9-19H,4-8H2,1-3H3/b17-9-,18-10-,19-11-. The molecule has 0 aromatic heterocycles.